The summed E-state index contributed by atoms with van der Waals surface area (Å²) >= 11 is 2.45. The van der Waals surface area contributed by atoms with Crippen LogP contribution in [0.15, 0.2) is 48.5 Å². The predicted molar refractivity (Wildman–Crippen MR) is 89.5 cm³/mol. The van der Waals surface area contributed by atoms with Gasteiger partial charge in [0.05, 0.1) is 7.11 Å². The highest BCUT2D eigenvalue weighted by Gasteiger charge is 2.17. The molecule has 1 atom stereocenters. The molecule has 2 heteroatoms. The number of hydrogen-bond acceptors (Lipinski definition) is 1. The summed E-state index contributed by atoms with van der Waals surface area (Å²) < 4.78 is 6.68. The van der Waals surface area contributed by atoms with Gasteiger partial charge in [0.2, 0.25) is 0 Å². The Kier molecular flexibility index (Phi) is 5.25. The summed E-state index contributed by atoms with van der Waals surface area (Å²) in [5.41, 5.74) is 3.94. The first-order valence-corrected chi connectivity index (χ1v) is 8.04. The molecule has 1 nitrogen and oxygen atoms in total. The van der Waals surface area contributed by atoms with Crippen LogP contribution < -0.4 is 4.74 Å². The third kappa shape index (κ3) is 3.50. The van der Waals surface area contributed by atoms with Gasteiger partial charge in [-0.15, -0.1) is 0 Å². The monoisotopic (exact) mass is 366 g/mol. The number of methoxy groups -OCH3 is 1. The van der Waals surface area contributed by atoms with Gasteiger partial charge >= 0.3 is 0 Å². The minimum absolute atomic E-state index is 0.410. The van der Waals surface area contributed by atoms with Crippen LogP contribution in [-0.2, 0) is 0 Å². The zero-order valence-electron chi connectivity index (χ0n) is 11.4. The third-order valence-electron chi connectivity index (χ3n) is 3.36. The molecule has 0 aliphatic carbocycles. The lowest BCUT2D eigenvalue weighted by atomic mass is 9.88. The van der Waals surface area contributed by atoms with Crippen molar-refractivity contribution in [1.29, 1.82) is 0 Å². The van der Waals surface area contributed by atoms with E-state index in [0.29, 0.717) is 5.92 Å². The van der Waals surface area contributed by atoms with Crippen molar-refractivity contribution in [3.05, 3.63) is 65.2 Å². The quantitative estimate of drug-likeness (QED) is 0.537. The Hall–Kier alpha value is -1.03. The fourth-order valence-electron chi connectivity index (χ4n) is 2.42. The van der Waals surface area contributed by atoms with E-state index < -0.39 is 0 Å². The number of rotatable bonds is 5. The van der Waals surface area contributed by atoms with Crippen LogP contribution in [0.3, 0.4) is 0 Å². The zero-order chi connectivity index (χ0) is 13.7. The van der Waals surface area contributed by atoms with Gasteiger partial charge in [0.1, 0.15) is 5.75 Å². The molecule has 0 spiro atoms. The number of benzene rings is 2. The van der Waals surface area contributed by atoms with Crippen LogP contribution in [0.5, 0.6) is 5.75 Å². The molecule has 0 saturated carbocycles. The van der Waals surface area contributed by atoms with Crippen LogP contribution in [0, 0.1) is 6.92 Å². The Morgan fingerprint density at radius 2 is 1.84 bits per heavy atom. The molecule has 100 valence electrons. The summed E-state index contributed by atoms with van der Waals surface area (Å²) in [5, 5.41) is 0. The Morgan fingerprint density at radius 1 is 1.11 bits per heavy atom. The first-order valence-electron chi connectivity index (χ1n) is 6.51. The van der Waals surface area contributed by atoms with E-state index in [1.54, 1.807) is 7.11 Å². The van der Waals surface area contributed by atoms with Crippen LogP contribution in [0.1, 0.15) is 29.0 Å². The molecule has 19 heavy (non-hydrogen) atoms. The minimum Gasteiger partial charge on any atom is -0.496 e. The lowest BCUT2D eigenvalue weighted by Crippen LogP contribution is -2.04. The summed E-state index contributed by atoms with van der Waals surface area (Å²) in [6, 6.07) is 17.1. The van der Waals surface area contributed by atoms with E-state index in [0.717, 1.165) is 16.6 Å². The molecule has 0 aliphatic rings. The average Bonchev–Trinajstić information content (AvgIpc) is 2.45. The van der Waals surface area contributed by atoms with Gasteiger partial charge in [0, 0.05) is 15.9 Å². The SMILES string of the molecule is COc1ccc(C)cc1C(CCI)c1ccccc1. The Bertz CT molecular complexity index is 522. The molecule has 2 rings (SSSR count). The molecule has 1 unspecified atom stereocenters. The second kappa shape index (κ2) is 6.94. The summed E-state index contributed by atoms with van der Waals surface area (Å²) in [7, 11) is 1.75. The summed E-state index contributed by atoms with van der Waals surface area (Å²) in [5.74, 6) is 1.40. The minimum atomic E-state index is 0.410. The molecule has 0 heterocycles. The van der Waals surface area contributed by atoms with Crippen molar-refractivity contribution < 1.29 is 4.74 Å². The highest BCUT2D eigenvalue weighted by molar-refractivity contribution is 14.1. The number of hydrogen-bond donors (Lipinski definition) is 0. The van der Waals surface area contributed by atoms with Gasteiger partial charge in [-0.1, -0.05) is 70.6 Å². The lowest BCUT2D eigenvalue weighted by Gasteiger charge is -2.20. The molecular weight excluding hydrogens is 347 g/mol. The third-order valence-corrected chi connectivity index (χ3v) is 3.98. The molecule has 0 N–H and O–H groups in total. The van der Waals surface area contributed by atoms with E-state index in [9.17, 15) is 0 Å². The average molecular weight is 366 g/mol. The Morgan fingerprint density at radius 3 is 2.47 bits per heavy atom. The van der Waals surface area contributed by atoms with Crippen LogP contribution in [0.4, 0.5) is 0 Å². The highest BCUT2D eigenvalue weighted by atomic mass is 127. The maximum Gasteiger partial charge on any atom is 0.122 e. The van der Waals surface area contributed by atoms with E-state index in [1.807, 2.05) is 0 Å². The van der Waals surface area contributed by atoms with E-state index in [4.69, 9.17) is 4.74 Å². The second-order valence-corrected chi connectivity index (χ2v) is 5.77. The van der Waals surface area contributed by atoms with Crippen LogP contribution in [0.2, 0.25) is 0 Å². The van der Waals surface area contributed by atoms with Gasteiger partial charge in [-0.25, -0.2) is 0 Å². The van der Waals surface area contributed by atoms with Crippen LogP contribution in [-0.4, -0.2) is 11.5 Å². The number of ether oxygens (including phenoxy) is 1. The van der Waals surface area contributed by atoms with Gasteiger partial charge in [0.15, 0.2) is 0 Å². The van der Waals surface area contributed by atoms with Gasteiger partial charge in [-0.05, 0) is 25.0 Å². The van der Waals surface area contributed by atoms with Crippen molar-refractivity contribution in [3.8, 4) is 5.75 Å². The molecule has 0 aliphatic heterocycles. The van der Waals surface area contributed by atoms with Crippen molar-refractivity contribution in [3.63, 3.8) is 0 Å². The molecule has 0 amide bonds. The van der Waals surface area contributed by atoms with Crippen molar-refractivity contribution in [2.45, 2.75) is 19.3 Å². The predicted octanol–water partition coefficient (Wildman–Crippen LogP) is 4.96. The first kappa shape index (κ1) is 14.4. The molecule has 0 radical (unpaired) electrons. The van der Waals surface area contributed by atoms with Gasteiger partial charge in [-0.3, -0.25) is 0 Å². The summed E-state index contributed by atoms with van der Waals surface area (Å²) in [6.45, 7) is 2.13. The van der Waals surface area contributed by atoms with E-state index >= 15 is 0 Å². The number of alkyl halides is 1. The summed E-state index contributed by atoms with van der Waals surface area (Å²) in [6.07, 6.45) is 1.13. The molecule has 0 saturated heterocycles. The van der Waals surface area contributed by atoms with Gasteiger partial charge in [0.25, 0.3) is 0 Å². The highest BCUT2D eigenvalue weighted by Crippen LogP contribution is 2.35. The van der Waals surface area contributed by atoms with Crippen molar-refractivity contribution >= 4 is 22.6 Å². The Balaban J connectivity index is 2.47. The molecule has 0 fully saturated rings. The van der Waals surface area contributed by atoms with Crippen molar-refractivity contribution in [1.82, 2.24) is 0 Å². The maximum atomic E-state index is 5.55. The largest absolute Gasteiger partial charge is 0.496 e. The summed E-state index contributed by atoms with van der Waals surface area (Å²) in [4.78, 5) is 0. The number of halogens is 1. The number of aryl methyl sites for hydroxylation is 1. The van der Waals surface area contributed by atoms with Gasteiger partial charge < -0.3 is 4.74 Å². The zero-order valence-corrected chi connectivity index (χ0v) is 13.6. The van der Waals surface area contributed by atoms with Crippen molar-refractivity contribution in [2.75, 3.05) is 11.5 Å². The van der Waals surface area contributed by atoms with E-state index in [2.05, 4.69) is 78.0 Å². The van der Waals surface area contributed by atoms with Crippen LogP contribution >= 0.6 is 22.6 Å². The van der Waals surface area contributed by atoms with E-state index in [1.165, 1.54) is 16.7 Å². The van der Waals surface area contributed by atoms with Crippen LogP contribution in [0.25, 0.3) is 0 Å². The van der Waals surface area contributed by atoms with Gasteiger partial charge in [-0.2, -0.15) is 0 Å². The topological polar surface area (TPSA) is 9.23 Å². The second-order valence-electron chi connectivity index (χ2n) is 4.69. The Labute approximate surface area is 129 Å². The molecule has 2 aromatic rings. The fourth-order valence-corrected chi connectivity index (χ4v) is 3.05. The smallest absolute Gasteiger partial charge is 0.122 e. The van der Waals surface area contributed by atoms with Crippen molar-refractivity contribution in [2.24, 2.45) is 0 Å². The molecule has 0 bridgehead atoms. The normalized spacial score (nSPS) is 12.2. The van der Waals surface area contributed by atoms with E-state index in [-0.39, 0.29) is 0 Å². The standard InChI is InChI=1S/C17H19IO/c1-13-8-9-17(19-2)16(12-13)15(10-11-18)14-6-4-3-5-7-14/h3-9,12,15H,10-11H2,1-2H3. The molecule has 0 aromatic heterocycles. The molecule has 2 aromatic carbocycles. The maximum absolute atomic E-state index is 5.55. The lowest BCUT2D eigenvalue weighted by molar-refractivity contribution is 0.407. The first-order chi connectivity index (χ1) is 9.26. The fraction of sp³-hybridized carbons (Fsp3) is 0.294. The molecular formula is C17H19IO.